The van der Waals surface area contributed by atoms with Gasteiger partial charge in [-0.25, -0.2) is 110 Å². The zero-order valence-corrected chi connectivity index (χ0v) is 30.7. The van der Waals surface area contributed by atoms with Crippen LogP contribution in [0, 0.1) is 145 Å². The lowest BCUT2D eigenvalue weighted by Gasteiger charge is -2.44. The van der Waals surface area contributed by atoms with E-state index in [9.17, 15) is 74.6 Å². The van der Waals surface area contributed by atoms with Gasteiger partial charge in [0, 0.05) is 0 Å². The molecule has 5 aromatic carbocycles. The van der Waals surface area contributed by atoms with Crippen molar-refractivity contribution in [3.8, 4) is 0 Å². The van der Waals surface area contributed by atoms with Crippen molar-refractivity contribution in [1.82, 2.24) is 0 Å². The summed E-state index contributed by atoms with van der Waals surface area (Å²) in [5, 5.41) is 17.5. The van der Waals surface area contributed by atoms with Crippen LogP contribution < -0.4 is 21.9 Å². The molecule has 29 heteroatoms. The second kappa shape index (κ2) is 19.0. The molecular weight excluding hydrogens is 970 g/mol. The maximum Gasteiger partial charge on any atom is 0.200 e. The first kappa shape index (κ1) is 51.3. The SMILES string of the molecule is Fc1c(F)c(F)c([B-](c2c(F)c(F)c(F)c(F)c2F)(c2c(F)c(F)c(F)c(F)c2F)c2c(F)c(F)c(F)c(F)c2F)c(F)c1F.OCC[S+](CCO)Cc1c(F)c(F)c(F)c(F)c1F. The second-order valence-corrected chi connectivity index (χ2v) is 14.8. The zero-order valence-electron chi connectivity index (χ0n) is 29.9. The number of hydrogen-bond acceptors (Lipinski definition) is 2. The van der Waals surface area contributed by atoms with E-state index in [1.807, 2.05) is 0 Å². The van der Waals surface area contributed by atoms with Gasteiger partial charge < -0.3 is 10.2 Å². The Labute approximate surface area is 340 Å². The third kappa shape index (κ3) is 7.95. The lowest BCUT2D eigenvalue weighted by atomic mass is 9.12. The summed E-state index contributed by atoms with van der Waals surface area (Å²) in [6.45, 7) is -0.586. The van der Waals surface area contributed by atoms with Crippen molar-refractivity contribution in [2.45, 2.75) is 5.75 Å². The second-order valence-electron chi connectivity index (χ2n) is 12.5. The molecule has 0 atom stereocenters. The standard InChI is InChI=1S/C24BF20.C11H12F5O2S/c26-5-1(6(27)14(35)21(42)13(5)34)25(2-7(28)15(36)22(43)16(37)8(2)29,3-9(30)17(38)23(44)18(39)10(3)31)4-11(32)19(40)24(45)20(41)12(4)33;12-7-6(5-19(3-1-17)4-2-18)8(13)10(15)11(16)9(7)14/h;17-18H,1-5H2/q-1;+1. The van der Waals surface area contributed by atoms with E-state index < -0.39 is 196 Å². The first-order valence-electron chi connectivity index (χ1n) is 16.2. The number of halogens is 25. The van der Waals surface area contributed by atoms with Crippen LogP contribution in [0.25, 0.3) is 0 Å². The first-order chi connectivity index (χ1) is 29.6. The maximum atomic E-state index is 15.4. The molecule has 5 aromatic rings. The molecule has 0 bridgehead atoms. The third-order valence-electron chi connectivity index (χ3n) is 9.12. The van der Waals surface area contributed by atoms with Crippen molar-refractivity contribution in [2.75, 3.05) is 24.7 Å². The van der Waals surface area contributed by atoms with Gasteiger partial charge in [-0.15, -0.1) is 21.9 Å². The highest BCUT2D eigenvalue weighted by Gasteiger charge is 2.52. The molecule has 0 aliphatic rings. The molecule has 0 aliphatic carbocycles. The predicted octanol–water partition coefficient (Wildman–Crippen LogP) is 7.33. The van der Waals surface area contributed by atoms with E-state index in [4.69, 9.17) is 10.2 Å². The summed E-state index contributed by atoms with van der Waals surface area (Å²) in [5.74, 6) is -81.4. The van der Waals surface area contributed by atoms with E-state index in [1.165, 1.54) is 0 Å². The summed E-state index contributed by atoms with van der Waals surface area (Å²) in [6, 6.07) is 0. The van der Waals surface area contributed by atoms with Crippen LogP contribution in [-0.2, 0) is 16.6 Å². The van der Waals surface area contributed by atoms with Crippen LogP contribution in [0.4, 0.5) is 110 Å². The van der Waals surface area contributed by atoms with Crippen molar-refractivity contribution >= 4 is 38.9 Å². The minimum atomic E-state index is -7.22. The van der Waals surface area contributed by atoms with Crippen molar-refractivity contribution in [3.63, 3.8) is 0 Å². The van der Waals surface area contributed by atoms with Gasteiger partial charge in [0.1, 0.15) is 69.9 Å². The summed E-state index contributed by atoms with van der Waals surface area (Å²) in [5.41, 5.74) is -15.2. The average Bonchev–Trinajstić information content (AvgIpc) is 3.26. The van der Waals surface area contributed by atoms with E-state index in [0.717, 1.165) is 0 Å². The Bertz CT molecular complexity index is 2280. The fourth-order valence-electron chi connectivity index (χ4n) is 6.36. The van der Waals surface area contributed by atoms with Gasteiger partial charge in [-0.3, -0.25) is 0 Å². The van der Waals surface area contributed by atoms with Crippen LogP contribution in [0.5, 0.6) is 0 Å². The number of aliphatic hydroxyl groups excluding tert-OH is 2. The number of rotatable bonds is 10. The van der Waals surface area contributed by atoms with Gasteiger partial charge in [-0.05, 0) is 10.9 Å². The van der Waals surface area contributed by atoms with Gasteiger partial charge in [0.15, 0.2) is 93.1 Å². The average molecular weight is 982 g/mol. The van der Waals surface area contributed by atoms with Crippen molar-refractivity contribution in [2.24, 2.45) is 0 Å². The van der Waals surface area contributed by atoms with E-state index in [1.54, 1.807) is 0 Å². The van der Waals surface area contributed by atoms with Crippen LogP contribution in [0.3, 0.4) is 0 Å². The molecule has 0 radical (unpaired) electrons. The smallest absolute Gasteiger partial charge is 0.200 e. The monoisotopic (exact) mass is 982 g/mol. The summed E-state index contributed by atoms with van der Waals surface area (Å²) >= 11 is 0. The quantitative estimate of drug-likeness (QED) is 0.0507. The van der Waals surface area contributed by atoms with Crippen LogP contribution in [0.2, 0.25) is 0 Å². The first-order valence-corrected chi connectivity index (χ1v) is 18.0. The van der Waals surface area contributed by atoms with E-state index in [2.05, 4.69) is 0 Å². The Morgan fingerprint density at radius 3 is 0.578 bits per heavy atom. The maximum absolute atomic E-state index is 15.4. The van der Waals surface area contributed by atoms with Crippen LogP contribution >= 0.6 is 0 Å². The minimum Gasteiger partial charge on any atom is -0.391 e. The highest BCUT2D eigenvalue weighted by Crippen LogP contribution is 2.31. The molecule has 0 saturated carbocycles. The van der Waals surface area contributed by atoms with Gasteiger partial charge in [0.2, 0.25) is 5.82 Å². The van der Waals surface area contributed by atoms with Crippen LogP contribution in [0.15, 0.2) is 0 Å². The molecule has 0 amide bonds. The fourth-order valence-corrected chi connectivity index (χ4v) is 8.03. The molecule has 0 unspecified atom stereocenters. The molecular formula is C35H12BF25O2S. The predicted molar refractivity (Wildman–Crippen MR) is 170 cm³/mol. The summed E-state index contributed by atoms with van der Waals surface area (Å²) in [4.78, 5) is 0. The molecule has 0 saturated heterocycles. The Balaban J connectivity index is 0.000000395. The molecule has 5 rings (SSSR count). The zero-order chi connectivity index (χ0) is 48.9. The number of benzene rings is 5. The van der Waals surface area contributed by atoms with Gasteiger partial charge in [0.25, 0.3) is 0 Å². The number of hydrogen-bond donors (Lipinski definition) is 2. The molecule has 0 heterocycles. The Hall–Kier alpha value is -5.32. The topological polar surface area (TPSA) is 40.5 Å². The minimum absolute atomic E-state index is 0.125. The molecule has 0 aromatic heterocycles. The summed E-state index contributed by atoms with van der Waals surface area (Å²) in [6.07, 6.45) is -7.22. The van der Waals surface area contributed by atoms with E-state index >= 15 is 35.1 Å². The highest BCUT2D eigenvalue weighted by molar-refractivity contribution is 7.96. The van der Waals surface area contributed by atoms with Crippen molar-refractivity contribution in [1.29, 1.82) is 0 Å². The Morgan fingerprint density at radius 1 is 0.250 bits per heavy atom. The summed E-state index contributed by atoms with van der Waals surface area (Å²) in [7, 11) is -0.855. The Morgan fingerprint density at radius 2 is 0.406 bits per heavy atom. The molecule has 0 fully saturated rings. The number of aliphatic hydroxyl groups is 2. The molecule has 348 valence electrons. The van der Waals surface area contributed by atoms with E-state index in [-0.39, 0.29) is 24.7 Å². The lowest BCUT2D eigenvalue weighted by molar-refractivity contribution is 0.316. The highest BCUT2D eigenvalue weighted by atomic mass is 32.2. The largest absolute Gasteiger partial charge is 0.391 e. The Kier molecular flexibility index (Phi) is 15.3. The molecule has 64 heavy (non-hydrogen) atoms. The van der Waals surface area contributed by atoms with Crippen molar-refractivity contribution in [3.05, 3.63) is 151 Å². The molecule has 2 N–H and O–H groups in total. The fraction of sp³-hybridized carbons (Fsp3) is 0.143. The van der Waals surface area contributed by atoms with Gasteiger partial charge >= 0.3 is 0 Å². The lowest BCUT2D eigenvalue weighted by Crippen LogP contribution is -2.81. The molecule has 0 spiro atoms. The molecule has 2 nitrogen and oxygen atoms in total. The van der Waals surface area contributed by atoms with Crippen molar-refractivity contribution < 1.29 is 120 Å². The third-order valence-corrected chi connectivity index (χ3v) is 11.3. The normalized spacial score (nSPS) is 11.8. The van der Waals surface area contributed by atoms with Gasteiger partial charge in [0.05, 0.1) is 18.8 Å². The molecule has 0 aliphatic heterocycles. The van der Waals surface area contributed by atoms with Gasteiger partial charge in [-0.2, -0.15) is 0 Å². The van der Waals surface area contributed by atoms with Crippen LogP contribution in [-0.4, -0.2) is 41.1 Å². The van der Waals surface area contributed by atoms with Gasteiger partial charge in [-0.1, -0.05) is 0 Å². The van der Waals surface area contributed by atoms with Crippen LogP contribution in [0.1, 0.15) is 5.56 Å². The summed E-state index contributed by atoms with van der Waals surface area (Å²) < 4.78 is 360. The van der Waals surface area contributed by atoms with E-state index in [0.29, 0.717) is 0 Å².